The molecule has 1 saturated carbocycles. The monoisotopic (exact) mass is 463 g/mol. The molecule has 0 amide bonds. The molecule has 0 radical (unpaired) electrons. The van der Waals surface area contributed by atoms with E-state index in [0.29, 0.717) is 12.5 Å². The maximum absolute atomic E-state index is 12.2. The summed E-state index contributed by atoms with van der Waals surface area (Å²) in [4.78, 5) is 19.1. The number of ether oxygens (including phenoxy) is 1. The van der Waals surface area contributed by atoms with Gasteiger partial charge in [0.25, 0.3) is 0 Å². The van der Waals surface area contributed by atoms with E-state index in [0.717, 1.165) is 69.6 Å². The van der Waals surface area contributed by atoms with Crippen LogP contribution in [0.3, 0.4) is 0 Å². The van der Waals surface area contributed by atoms with E-state index in [-0.39, 0.29) is 6.10 Å². The van der Waals surface area contributed by atoms with Gasteiger partial charge in [0.05, 0.1) is 6.10 Å². The second kappa shape index (κ2) is 10.9. The van der Waals surface area contributed by atoms with Crippen molar-refractivity contribution in [1.82, 2.24) is 9.88 Å². The number of aryl methyl sites for hydroxylation is 2. The number of hydrogen-bond acceptors (Lipinski definition) is 5. The van der Waals surface area contributed by atoms with Gasteiger partial charge in [-0.25, -0.2) is 4.98 Å². The predicted molar refractivity (Wildman–Crippen MR) is 133 cm³/mol. The van der Waals surface area contributed by atoms with Crippen molar-refractivity contribution in [3.05, 3.63) is 58.8 Å². The average Bonchev–Trinajstić information content (AvgIpc) is 3.60. The van der Waals surface area contributed by atoms with E-state index in [1.54, 1.807) is 0 Å². The molecule has 1 aliphatic carbocycles. The molecule has 2 aliphatic heterocycles. The van der Waals surface area contributed by atoms with E-state index < -0.39 is 12.0 Å². The molecule has 0 unspecified atom stereocenters. The molecule has 34 heavy (non-hydrogen) atoms. The van der Waals surface area contributed by atoms with Crippen LogP contribution in [0.15, 0.2) is 36.4 Å². The van der Waals surface area contributed by atoms with Gasteiger partial charge in [-0.05, 0) is 80.0 Å². The Bertz CT molecular complexity index is 991. The first kappa shape index (κ1) is 23.3. The lowest BCUT2D eigenvalue weighted by Gasteiger charge is -2.26. The van der Waals surface area contributed by atoms with E-state index >= 15 is 0 Å². The van der Waals surface area contributed by atoms with E-state index in [2.05, 4.69) is 28.4 Å². The largest absolute Gasteiger partial charge is 0.480 e. The third-order valence-electron chi connectivity index (χ3n) is 7.47. The molecule has 2 N–H and O–H groups in total. The van der Waals surface area contributed by atoms with Gasteiger partial charge in [-0.2, -0.15) is 0 Å². The highest BCUT2D eigenvalue weighted by atomic mass is 16.5. The number of anilines is 1. The number of pyridine rings is 1. The van der Waals surface area contributed by atoms with Crippen molar-refractivity contribution in [1.29, 1.82) is 0 Å². The minimum atomic E-state index is -0.750. The molecule has 5 rings (SSSR count). The van der Waals surface area contributed by atoms with Crippen LogP contribution < -0.4 is 5.32 Å². The van der Waals surface area contributed by atoms with Gasteiger partial charge in [-0.1, -0.05) is 36.8 Å². The van der Waals surface area contributed by atoms with Crippen LogP contribution in [-0.4, -0.2) is 53.3 Å². The molecule has 1 aromatic carbocycles. The van der Waals surface area contributed by atoms with Gasteiger partial charge >= 0.3 is 5.97 Å². The summed E-state index contributed by atoms with van der Waals surface area (Å²) in [6, 6.07) is 12.0. The lowest BCUT2D eigenvalue weighted by molar-refractivity contribution is -0.143. The number of unbranched alkanes of at least 4 members (excludes halogenated alkanes) is 2. The van der Waals surface area contributed by atoms with Crippen LogP contribution >= 0.6 is 0 Å². The standard InChI is InChI=1S/C28H37N3O3/c32-28(33)26(25-10-4-3-9-24(25)20-11-12-20)31-17-15-23(19-31)34-18-5-1-2-8-22-14-13-21-7-6-16-29-27(21)30-22/h3-4,9-10,13-14,20,23,26H,1-2,5-8,11-12,15-19H2,(H,29,30)(H,32,33)/t23-,26+/m0/s1. The van der Waals surface area contributed by atoms with Crippen LogP contribution in [0.2, 0.25) is 0 Å². The fraction of sp³-hybridized carbons (Fsp3) is 0.571. The molecule has 1 saturated heterocycles. The summed E-state index contributed by atoms with van der Waals surface area (Å²) in [7, 11) is 0. The summed E-state index contributed by atoms with van der Waals surface area (Å²) >= 11 is 0. The molecule has 6 heteroatoms. The number of carbonyl (C=O) groups is 1. The molecule has 2 aromatic rings. The summed E-state index contributed by atoms with van der Waals surface area (Å²) in [5.41, 5.74) is 4.72. The minimum Gasteiger partial charge on any atom is -0.480 e. The molecule has 1 aromatic heterocycles. The average molecular weight is 464 g/mol. The summed E-state index contributed by atoms with van der Waals surface area (Å²) in [6.45, 7) is 3.24. The molecule has 0 bridgehead atoms. The van der Waals surface area contributed by atoms with Crippen molar-refractivity contribution in [3.8, 4) is 0 Å². The molecular weight excluding hydrogens is 426 g/mol. The van der Waals surface area contributed by atoms with E-state index in [4.69, 9.17) is 9.72 Å². The van der Waals surface area contributed by atoms with Crippen LogP contribution in [0.4, 0.5) is 5.82 Å². The third kappa shape index (κ3) is 5.61. The van der Waals surface area contributed by atoms with Crippen molar-refractivity contribution in [2.75, 3.05) is 31.6 Å². The number of fused-ring (bicyclic) bond motifs is 1. The number of aliphatic carboxylic acids is 1. The molecule has 3 aliphatic rings. The highest BCUT2D eigenvalue weighted by Crippen LogP contribution is 2.44. The lowest BCUT2D eigenvalue weighted by atomic mass is 9.96. The fourth-order valence-electron chi connectivity index (χ4n) is 5.48. The Labute approximate surface area is 202 Å². The van der Waals surface area contributed by atoms with Gasteiger partial charge in [0, 0.05) is 31.9 Å². The van der Waals surface area contributed by atoms with Crippen LogP contribution in [0, 0.1) is 0 Å². The highest BCUT2D eigenvalue weighted by molar-refractivity contribution is 5.76. The lowest BCUT2D eigenvalue weighted by Crippen LogP contribution is -2.34. The van der Waals surface area contributed by atoms with Gasteiger partial charge in [0.1, 0.15) is 11.9 Å². The SMILES string of the molecule is O=C(O)[C@@H](c1ccccc1C1CC1)N1CC[C@H](OCCCCCc2ccc3c(n2)NCCC3)C1. The zero-order valence-corrected chi connectivity index (χ0v) is 20.0. The minimum absolute atomic E-state index is 0.128. The number of carboxylic acid groups (broad SMARTS) is 1. The number of nitrogens with one attached hydrogen (secondary N) is 1. The quantitative estimate of drug-likeness (QED) is 0.460. The highest BCUT2D eigenvalue weighted by Gasteiger charge is 2.37. The topological polar surface area (TPSA) is 74.7 Å². The van der Waals surface area contributed by atoms with Gasteiger partial charge < -0.3 is 15.2 Å². The normalized spacial score (nSPS) is 21.1. The number of benzene rings is 1. The molecule has 2 fully saturated rings. The second-order valence-electron chi connectivity index (χ2n) is 10.1. The van der Waals surface area contributed by atoms with Gasteiger partial charge in [0.15, 0.2) is 0 Å². The Balaban J connectivity index is 1.05. The van der Waals surface area contributed by atoms with Crippen molar-refractivity contribution in [2.24, 2.45) is 0 Å². The first-order valence-electron chi connectivity index (χ1n) is 13.1. The molecule has 3 heterocycles. The number of rotatable bonds is 11. The van der Waals surface area contributed by atoms with Crippen LogP contribution in [-0.2, 0) is 22.4 Å². The first-order chi connectivity index (χ1) is 16.7. The number of carboxylic acids is 1. The Morgan fingerprint density at radius 1 is 1.15 bits per heavy atom. The summed E-state index contributed by atoms with van der Waals surface area (Å²) in [6.07, 6.45) is 9.98. The van der Waals surface area contributed by atoms with Gasteiger partial charge in [0.2, 0.25) is 0 Å². The zero-order chi connectivity index (χ0) is 23.3. The second-order valence-corrected chi connectivity index (χ2v) is 10.1. The Hall–Kier alpha value is -2.44. The zero-order valence-electron chi connectivity index (χ0n) is 20.0. The number of nitrogens with zero attached hydrogens (tertiary/aromatic N) is 2. The Morgan fingerprint density at radius 3 is 2.88 bits per heavy atom. The molecule has 2 atom stereocenters. The van der Waals surface area contributed by atoms with E-state index in [1.165, 1.54) is 36.1 Å². The van der Waals surface area contributed by atoms with E-state index in [9.17, 15) is 9.90 Å². The van der Waals surface area contributed by atoms with Crippen molar-refractivity contribution in [2.45, 2.75) is 75.9 Å². The third-order valence-corrected chi connectivity index (χ3v) is 7.47. The summed E-state index contributed by atoms with van der Waals surface area (Å²) < 4.78 is 6.16. The van der Waals surface area contributed by atoms with Crippen LogP contribution in [0.1, 0.15) is 79.3 Å². The number of hydrogen-bond donors (Lipinski definition) is 2. The Kier molecular flexibility index (Phi) is 7.45. The first-order valence-corrected chi connectivity index (χ1v) is 13.1. The maximum atomic E-state index is 12.2. The molecule has 0 spiro atoms. The van der Waals surface area contributed by atoms with E-state index in [1.807, 2.05) is 18.2 Å². The van der Waals surface area contributed by atoms with Crippen LogP contribution in [0.5, 0.6) is 0 Å². The smallest absolute Gasteiger partial charge is 0.325 e. The van der Waals surface area contributed by atoms with Gasteiger partial charge in [-0.3, -0.25) is 9.69 Å². The fourth-order valence-corrected chi connectivity index (χ4v) is 5.48. The van der Waals surface area contributed by atoms with Crippen molar-refractivity contribution < 1.29 is 14.6 Å². The predicted octanol–water partition coefficient (Wildman–Crippen LogP) is 4.95. The molecule has 6 nitrogen and oxygen atoms in total. The summed E-state index contributed by atoms with van der Waals surface area (Å²) in [5, 5.41) is 13.5. The number of aromatic nitrogens is 1. The van der Waals surface area contributed by atoms with Gasteiger partial charge in [-0.15, -0.1) is 0 Å². The maximum Gasteiger partial charge on any atom is 0.325 e. The Morgan fingerprint density at radius 2 is 2.03 bits per heavy atom. The van der Waals surface area contributed by atoms with Crippen molar-refractivity contribution >= 4 is 11.8 Å². The van der Waals surface area contributed by atoms with Crippen LogP contribution in [0.25, 0.3) is 0 Å². The number of likely N-dealkylation sites (tertiary alicyclic amines) is 1. The molecular formula is C28H37N3O3. The molecule has 182 valence electrons. The van der Waals surface area contributed by atoms with Crippen molar-refractivity contribution in [3.63, 3.8) is 0 Å². The summed E-state index contributed by atoms with van der Waals surface area (Å²) in [5.74, 6) is 0.873.